The van der Waals surface area contributed by atoms with Gasteiger partial charge in [0.2, 0.25) is 0 Å². The summed E-state index contributed by atoms with van der Waals surface area (Å²) in [6.45, 7) is 0. The maximum atomic E-state index is 3.63. The van der Waals surface area contributed by atoms with E-state index in [1.165, 1.54) is 14.7 Å². The van der Waals surface area contributed by atoms with Crippen molar-refractivity contribution in [3.8, 4) is 0 Å². The van der Waals surface area contributed by atoms with Gasteiger partial charge >= 0.3 is 0 Å². The van der Waals surface area contributed by atoms with Crippen LogP contribution in [0.1, 0.15) is 17.0 Å². The quantitative estimate of drug-likeness (QED) is 0.385. The van der Waals surface area contributed by atoms with E-state index in [1.807, 2.05) is 0 Å². The average Bonchev–Trinajstić information content (AvgIpc) is 2.39. The van der Waals surface area contributed by atoms with Crippen molar-refractivity contribution in [3.63, 3.8) is 0 Å². The van der Waals surface area contributed by atoms with Crippen molar-refractivity contribution in [2.75, 3.05) is 5.33 Å². The maximum absolute atomic E-state index is 3.63. The van der Waals surface area contributed by atoms with E-state index in [2.05, 4.69) is 103 Å². The number of rotatable bonds is 4. The van der Waals surface area contributed by atoms with Crippen LogP contribution in [-0.2, 0) is 6.42 Å². The van der Waals surface area contributed by atoms with Crippen LogP contribution in [0, 0.1) is 3.57 Å². The van der Waals surface area contributed by atoms with E-state index in [4.69, 9.17) is 0 Å². The van der Waals surface area contributed by atoms with Gasteiger partial charge in [-0.05, 0) is 70.3 Å². The first-order valence-electron chi connectivity index (χ1n) is 5.75. The Morgan fingerprint density at radius 1 is 0.944 bits per heavy atom. The van der Waals surface area contributed by atoms with E-state index in [9.17, 15) is 0 Å². The predicted octanol–water partition coefficient (Wildman–Crippen LogP) is 5.77. The first-order valence-corrected chi connectivity index (χ1v) is 8.74. The summed E-state index contributed by atoms with van der Waals surface area (Å²) in [7, 11) is 0. The minimum atomic E-state index is 0.526. The molecule has 2 aromatic carbocycles. The van der Waals surface area contributed by atoms with Crippen molar-refractivity contribution in [1.29, 1.82) is 0 Å². The van der Waals surface area contributed by atoms with Gasteiger partial charge < -0.3 is 0 Å². The number of halogens is 3. The first-order chi connectivity index (χ1) is 8.69. The Hall–Kier alpha value is 0.130. The second kappa shape index (κ2) is 7.06. The van der Waals surface area contributed by atoms with Crippen molar-refractivity contribution in [3.05, 3.63) is 67.7 Å². The van der Waals surface area contributed by atoms with E-state index < -0.39 is 0 Å². The van der Waals surface area contributed by atoms with Crippen LogP contribution in [0.3, 0.4) is 0 Å². The van der Waals surface area contributed by atoms with Crippen molar-refractivity contribution in [2.24, 2.45) is 0 Å². The normalized spacial score (nSPS) is 12.4. The highest BCUT2D eigenvalue weighted by molar-refractivity contribution is 14.1. The summed E-state index contributed by atoms with van der Waals surface area (Å²) in [5.41, 5.74) is 2.77. The Kier molecular flexibility index (Phi) is 5.70. The molecule has 18 heavy (non-hydrogen) atoms. The molecular weight excluding hydrogens is 467 g/mol. The van der Waals surface area contributed by atoms with Gasteiger partial charge in [0.1, 0.15) is 0 Å². The Bertz CT molecular complexity index is 491. The summed E-state index contributed by atoms with van der Waals surface area (Å²) >= 11 is 9.45. The first kappa shape index (κ1) is 14.5. The molecule has 0 saturated carbocycles. The van der Waals surface area contributed by atoms with Gasteiger partial charge in [-0.3, -0.25) is 0 Å². The van der Waals surface area contributed by atoms with E-state index >= 15 is 0 Å². The highest BCUT2D eigenvalue weighted by Crippen LogP contribution is 2.25. The zero-order valence-corrected chi connectivity index (χ0v) is 15.1. The third kappa shape index (κ3) is 4.07. The van der Waals surface area contributed by atoms with Gasteiger partial charge in [0.25, 0.3) is 0 Å². The molecule has 2 rings (SSSR count). The highest BCUT2D eigenvalue weighted by Gasteiger charge is 2.10. The number of benzene rings is 2. The van der Waals surface area contributed by atoms with Crippen LogP contribution in [0.25, 0.3) is 0 Å². The Balaban J connectivity index is 2.14. The van der Waals surface area contributed by atoms with E-state index in [0.29, 0.717) is 5.92 Å². The van der Waals surface area contributed by atoms with E-state index in [0.717, 1.165) is 16.2 Å². The fourth-order valence-electron chi connectivity index (χ4n) is 1.90. The lowest BCUT2D eigenvalue weighted by atomic mass is 9.94. The van der Waals surface area contributed by atoms with Crippen LogP contribution in [0.5, 0.6) is 0 Å². The second-order valence-corrected chi connectivity index (χ2v) is 7.04. The molecule has 0 N–H and O–H groups in total. The zero-order chi connectivity index (χ0) is 13.0. The molecule has 0 spiro atoms. The Morgan fingerprint density at radius 2 is 1.56 bits per heavy atom. The molecule has 0 fully saturated rings. The summed E-state index contributed by atoms with van der Waals surface area (Å²) in [4.78, 5) is 0. The van der Waals surface area contributed by atoms with Crippen molar-refractivity contribution in [2.45, 2.75) is 12.3 Å². The summed E-state index contributed by atoms with van der Waals surface area (Å²) in [5.74, 6) is 0.526. The SMILES string of the molecule is BrCC(Cc1ccc(I)cc1)c1ccc(Br)cc1. The van der Waals surface area contributed by atoms with Gasteiger partial charge in [0.05, 0.1) is 0 Å². The lowest BCUT2D eigenvalue weighted by Crippen LogP contribution is -2.04. The fraction of sp³-hybridized carbons (Fsp3) is 0.200. The smallest absolute Gasteiger partial charge is 0.0175 e. The molecule has 1 unspecified atom stereocenters. The molecule has 0 aromatic heterocycles. The van der Waals surface area contributed by atoms with E-state index in [-0.39, 0.29) is 0 Å². The minimum absolute atomic E-state index is 0.526. The van der Waals surface area contributed by atoms with Gasteiger partial charge in [-0.1, -0.05) is 56.1 Å². The summed E-state index contributed by atoms with van der Waals surface area (Å²) in [6, 6.07) is 17.4. The number of alkyl halides is 1. The fourth-order valence-corrected chi connectivity index (χ4v) is 3.13. The lowest BCUT2D eigenvalue weighted by Gasteiger charge is -2.15. The molecule has 0 saturated heterocycles. The standard InChI is InChI=1S/C15H13Br2I/c16-10-13(12-3-5-14(17)6-4-12)9-11-1-7-15(18)8-2-11/h1-8,13H,9-10H2. The zero-order valence-electron chi connectivity index (χ0n) is 9.74. The van der Waals surface area contributed by atoms with Crippen LogP contribution in [-0.4, -0.2) is 5.33 Å². The summed E-state index contributed by atoms with van der Waals surface area (Å²) in [6.07, 6.45) is 1.07. The lowest BCUT2D eigenvalue weighted by molar-refractivity contribution is 0.775. The molecule has 1 atom stereocenters. The summed E-state index contributed by atoms with van der Waals surface area (Å²) in [5, 5.41) is 0.987. The third-order valence-electron chi connectivity index (χ3n) is 2.92. The maximum Gasteiger partial charge on any atom is 0.0175 e. The van der Waals surface area contributed by atoms with E-state index in [1.54, 1.807) is 0 Å². The van der Waals surface area contributed by atoms with Crippen molar-refractivity contribution in [1.82, 2.24) is 0 Å². The Labute approximate surface area is 139 Å². The largest absolute Gasteiger partial charge is 0.0921 e. The van der Waals surface area contributed by atoms with Gasteiger partial charge in [-0.2, -0.15) is 0 Å². The van der Waals surface area contributed by atoms with Crippen molar-refractivity contribution < 1.29 is 0 Å². The van der Waals surface area contributed by atoms with Gasteiger partial charge in [-0.25, -0.2) is 0 Å². The molecule has 94 valence electrons. The molecule has 0 bridgehead atoms. The minimum Gasteiger partial charge on any atom is -0.0921 e. The number of hydrogen-bond acceptors (Lipinski definition) is 0. The molecule has 0 amide bonds. The summed E-state index contributed by atoms with van der Waals surface area (Å²) < 4.78 is 2.42. The van der Waals surface area contributed by atoms with Crippen LogP contribution < -0.4 is 0 Å². The Morgan fingerprint density at radius 3 is 2.11 bits per heavy atom. The molecular formula is C15H13Br2I. The monoisotopic (exact) mass is 478 g/mol. The van der Waals surface area contributed by atoms with Crippen LogP contribution >= 0.6 is 54.5 Å². The molecule has 0 aliphatic carbocycles. The molecule has 2 aromatic rings. The molecule has 0 aliphatic rings. The average molecular weight is 480 g/mol. The molecule has 0 aliphatic heterocycles. The third-order valence-corrected chi connectivity index (χ3v) is 4.95. The molecule has 0 heterocycles. The second-order valence-electron chi connectivity index (χ2n) is 4.23. The van der Waals surface area contributed by atoms with Gasteiger partial charge in [0.15, 0.2) is 0 Å². The predicted molar refractivity (Wildman–Crippen MR) is 93.5 cm³/mol. The van der Waals surface area contributed by atoms with Gasteiger partial charge in [0, 0.05) is 13.4 Å². The van der Waals surface area contributed by atoms with Crippen LogP contribution in [0.15, 0.2) is 53.0 Å². The highest BCUT2D eigenvalue weighted by atomic mass is 127. The van der Waals surface area contributed by atoms with Crippen LogP contribution in [0.4, 0.5) is 0 Å². The molecule has 0 nitrogen and oxygen atoms in total. The molecule has 3 heteroatoms. The molecule has 0 radical (unpaired) electrons. The van der Waals surface area contributed by atoms with Crippen LogP contribution in [0.2, 0.25) is 0 Å². The van der Waals surface area contributed by atoms with Crippen molar-refractivity contribution >= 4 is 54.5 Å². The van der Waals surface area contributed by atoms with Gasteiger partial charge in [-0.15, -0.1) is 0 Å². The topological polar surface area (TPSA) is 0 Å². The number of hydrogen-bond donors (Lipinski definition) is 0.